The van der Waals surface area contributed by atoms with Crippen LogP contribution in [0.4, 0.5) is 5.69 Å². The van der Waals surface area contributed by atoms with Crippen LogP contribution in [0.3, 0.4) is 0 Å². The van der Waals surface area contributed by atoms with E-state index in [0.717, 1.165) is 34.5 Å². The molecule has 4 nitrogen and oxygen atoms in total. The molecule has 0 spiro atoms. The molecular weight excluding hydrogens is 392 g/mol. The highest BCUT2D eigenvalue weighted by atomic mass is 32.1. The lowest BCUT2D eigenvalue weighted by atomic mass is 10.1. The number of methoxy groups -OCH3 is 1. The molecule has 0 aliphatic heterocycles. The summed E-state index contributed by atoms with van der Waals surface area (Å²) in [6, 6.07) is 18.6. The Morgan fingerprint density at radius 1 is 1.07 bits per heavy atom. The minimum Gasteiger partial charge on any atom is -0.497 e. The third-order valence-electron chi connectivity index (χ3n) is 5.34. The molecule has 1 N–H and O–H groups in total. The number of rotatable bonds is 9. The maximum absolute atomic E-state index is 13.0. The third-order valence-corrected chi connectivity index (χ3v) is 6.24. The quantitative estimate of drug-likeness (QED) is 0.499. The van der Waals surface area contributed by atoms with Gasteiger partial charge in [-0.1, -0.05) is 36.4 Å². The van der Waals surface area contributed by atoms with Gasteiger partial charge in [0.2, 0.25) is 5.91 Å². The van der Waals surface area contributed by atoms with Crippen molar-refractivity contribution in [1.29, 1.82) is 0 Å². The Morgan fingerprint density at radius 3 is 2.37 bits per heavy atom. The van der Waals surface area contributed by atoms with Crippen molar-refractivity contribution in [3.63, 3.8) is 0 Å². The van der Waals surface area contributed by atoms with E-state index in [1.54, 1.807) is 18.4 Å². The molecule has 1 unspecified atom stereocenters. The molecule has 1 amide bonds. The monoisotopic (exact) mass is 422 g/mol. The smallest absolute Gasteiger partial charge is 0.238 e. The van der Waals surface area contributed by atoms with Crippen molar-refractivity contribution in [2.75, 3.05) is 19.0 Å². The highest BCUT2D eigenvalue weighted by Crippen LogP contribution is 2.21. The number of amides is 1. The van der Waals surface area contributed by atoms with Crippen LogP contribution in [-0.2, 0) is 17.8 Å². The van der Waals surface area contributed by atoms with Crippen molar-refractivity contribution in [3.05, 3.63) is 81.5 Å². The fraction of sp³-hybridized carbons (Fsp3) is 0.320. The van der Waals surface area contributed by atoms with Crippen LogP contribution in [0.15, 0.2) is 60.0 Å². The normalized spacial score (nSPS) is 12.0. The first-order valence-corrected chi connectivity index (χ1v) is 11.1. The molecule has 0 fully saturated rings. The van der Waals surface area contributed by atoms with Gasteiger partial charge in [-0.25, -0.2) is 0 Å². The average Bonchev–Trinajstić information content (AvgIpc) is 3.24. The molecule has 1 atom stereocenters. The molecule has 1 aromatic heterocycles. The number of anilines is 1. The summed E-state index contributed by atoms with van der Waals surface area (Å²) in [5.74, 6) is 0.851. The molecule has 0 radical (unpaired) electrons. The van der Waals surface area contributed by atoms with Crippen molar-refractivity contribution in [2.24, 2.45) is 0 Å². The molecule has 2 aromatic carbocycles. The van der Waals surface area contributed by atoms with Crippen LogP contribution in [0.25, 0.3) is 0 Å². The van der Waals surface area contributed by atoms with Crippen molar-refractivity contribution < 1.29 is 9.53 Å². The zero-order valence-electron chi connectivity index (χ0n) is 18.1. The highest BCUT2D eigenvalue weighted by Gasteiger charge is 2.19. The van der Waals surface area contributed by atoms with Crippen LogP contribution in [0.1, 0.15) is 28.5 Å². The van der Waals surface area contributed by atoms with Crippen LogP contribution >= 0.6 is 11.3 Å². The lowest BCUT2D eigenvalue weighted by Crippen LogP contribution is -2.40. The molecule has 0 saturated heterocycles. The van der Waals surface area contributed by atoms with Gasteiger partial charge in [0.05, 0.1) is 13.7 Å². The summed E-state index contributed by atoms with van der Waals surface area (Å²) in [5.41, 5.74) is 4.24. The molecule has 0 aliphatic carbocycles. The van der Waals surface area contributed by atoms with E-state index >= 15 is 0 Å². The summed E-state index contributed by atoms with van der Waals surface area (Å²) < 4.78 is 5.27. The maximum atomic E-state index is 13.0. The number of benzene rings is 2. The largest absolute Gasteiger partial charge is 0.497 e. The van der Waals surface area contributed by atoms with Crippen molar-refractivity contribution in [3.8, 4) is 5.75 Å². The molecule has 3 aromatic rings. The predicted molar refractivity (Wildman–Crippen MR) is 125 cm³/mol. The van der Waals surface area contributed by atoms with Gasteiger partial charge in [0.25, 0.3) is 0 Å². The van der Waals surface area contributed by atoms with Gasteiger partial charge in [-0.05, 0) is 67.5 Å². The zero-order valence-corrected chi connectivity index (χ0v) is 19.0. The van der Waals surface area contributed by atoms with Crippen LogP contribution in [-0.4, -0.2) is 30.5 Å². The van der Waals surface area contributed by atoms with Crippen molar-refractivity contribution >= 4 is 22.9 Å². The number of hydrogen-bond donors (Lipinski definition) is 1. The van der Waals surface area contributed by atoms with E-state index in [-0.39, 0.29) is 11.9 Å². The number of nitrogens with zero attached hydrogens (tertiary/aromatic N) is 1. The number of thiophene rings is 1. The average molecular weight is 423 g/mol. The molecule has 0 aliphatic rings. The zero-order chi connectivity index (χ0) is 21.5. The fourth-order valence-electron chi connectivity index (χ4n) is 3.56. The molecule has 30 heavy (non-hydrogen) atoms. The SMILES string of the molecule is COc1ccc(CN(CC(=O)Nc2c(C)cccc2C)C(C)Cc2cccs2)cc1. The molecule has 3 rings (SSSR count). The number of para-hydroxylation sites is 1. The van der Waals surface area contributed by atoms with E-state index in [0.29, 0.717) is 13.1 Å². The van der Waals surface area contributed by atoms with Gasteiger partial charge in [0.15, 0.2) is 0 Å². The van der Waals surface area contributed by atoms with E-state index in [9.17, 15) is 4.79 Å². The topological polar surface area (TPSA) is 41.6 Å². The summed E-state index contributed by atoms with van der Waals surface area (Å²) in [4.78, 5) is 16.5. The minimum atomic E-state index is 0.0129. The lowest BCUT2D eigenvalue weighted by Gasteiger charge is -2.29. The summed E-state index contributed by atoms with van der Waals surface area (Å²) >= 11 is 1.76. The Hall–Kier alpha value is -2.63. The first-order valence-electron chi connectivity index (χ1n) is 10.2. The van der Waals surface area contributed by atoms with Crippen LogP contribution in [0, 0.1) is 13.8 Å². The fourth-order valence-corrected chi connectivity index (χ4v) is 4.38. The van der Waals surface area contributed by atoms with Gasteiger partial charge in [-0.3, -0.25) is 9.69 Å². The highest BCUT2D eigenvalue weighted by molar-refractivity contribution is 7.09. The molecule has 5 heteroatoms. The van der Waals surface area contributed by atoms with Gasteiger partial charge in [-0.2, -0.15) is 0 Å². The Kier molecular flexibility index (Phi) is 7.66. The lowest BCUT2D eigenvalue weighted by molar-refractivity contribution is -0.118. The number of nitrogens with one attached hydrogen (secondary N) is 1. The second kappa shape index (κ2) is 10.4. The Bertz CT molecular complexity index is 932. The summed E-state index contributed by atoms with van der Waals surface area (Å²) in [6.45, 7) is 7.28. The van der Waals surface area contributed by atoms with Gasteiger partial charge >= 0.3 is 0 Å². The number of aryl methyl sites for hydroxylation is 2. The standard InChI is InChI=1S/C25H30N2O2S/c1-18-7-5-8-19(2)25(18)26-24(28)17-27(20(3)15-23-9-6-14-30-23)16-21-10-12-22(29-4)13-11-21/h5-14,20H,15-17H2,1-4H3,(H,26,28). The van der Waals surface area contributed by atoms with E-state index in [1.807, 2.05) is 44.2 Å². The Balaban J connectivity index is 1.74. The second-order valence-electron chi connectivity index (χ2n) is 7.70. The van der Waals surface area contributed by atoms with E-state index in [4.69, 9.17) is 4.74 Å². The Labute approximate surface area is 183 Å². The minimum absolute atomic E-state index is 0.0129. The third kappa shape index (κ3) is 5.94. The molecule has 158 valence electrons. The van der Waals surface area contributed by atoms with Crippen molar-refractivity contribution in [1.82, 2.24) is 4.90 Å². The molecular formula is C25H30N2O2S. The number of carbonyl (C=O) groups is 1. The number of ether oxygens (including phenoxy) is 1. The Morgan fingerprint density at radius 2 is 1.77 bits per heavy atom. The van der Waals surface area contributed by atoms with Gasteiger partial charge in [-0.15, -0.1) is 11.3 Å². The number of hydrogen-bond acceptors (Lipinski definition) is 4. The van der Waals surface area contributed by atoms with Crippen LogP contribution < -0.4 is 10.1 Å². The molecule has 0 bridgehead atoms. The van der Waals surface area contributed by atoms with E-state index in [1.165, 1.54) is 4.88 Å². The first-order chi connectivity index (χ1) is 14.5. The second-order valence-corrected chi connectivity index (χ2v) is 8.73. The summed E-state index contributed by atoms with van der Waals surface area (Å²) in [6.07, 6.45) is 0.921. The van der Waals surface area contributed by atoms with Crippen LogP contribution in [0.2, 0.25) is 0 Å². The number of carbonyl (C=O) groups excluding carboxylic acids is 1. The predicted octanol–water partition coefficient (Wildman–Crippen LogP) is 5.45. The van der Waals surface area contributed by atoms with E-state index in [2.05, 4.69) is 46.8 Å². The van der Waals surface area contributed by atoms with Gasteiger partial charge in [0.1, 0.15) is 5.75 Å². The molecule has 1 heterocycles. The molecule has 0 saturated carbocycles. The first kappa shape index (κ1) is 22.1. The summed E-state index contributed by atoms with van der Waals surface area (Å²) in [7, 11) is 1.67. The summed E-state index contributed by atoms with van der Waals surface area (Å²) in [5, 5.41) is 5.23. The van der Waals surface area contributed by atoms with Crippen molar-refractivity contribution in [2.45, 2.75) is 39.8 Å². The van der Waals surface area contributed by atoms with Gasteiger partial charge in [0, 0.05) is 23.2 Å². The van der Waals surface area contributed by atoms with Crippen LogP contribution in [0.5, 0.6) is 5.75 Å². The maximum Gasteiger partial charge on any atom is 0.238 e. The van der Waals surface area contributed by atoms with Gasteiger partial charge < -0.3 is 10.1 Å². The van der Waals surface area contributed by atoms with E-state index < -0.39 is 0 Å².